The third kappa shape index (κ3) is 2.36. The van der Waals surface area contributed by atoms with Gasteiger partial charge < -0.3 is 4.74 Å². The van der Waals surface area contributed by atoms with Crippen LogP contribution in [0.25, 0.3) is 11.0 Å². The highest BCUT2D eigenvalue weighted by atomic mass is 32.2. The third-order valence-electron chi connectivity index (χ3n) is 2.05. The Kier molecular flexibility index (Phi) is 3.46. The fourth-order valence-electron chi connectivity index (χ4n) is 1.36. The van der Waals surface area contributed by atoms with E-state index in [9.17, 15) is 4.79 Å². The topological polar surface area (TPSA) is 44.1 Å². The van der Waals surface area contributed by atoms with Crippen LogP contribution in [-0.2, 0) is 9.53 Å². The van der Waals surface area contributed by atoms with E-state index in [1.54, 1.807) is 13.3 Å². The molecule has 84 valence electrons. The first-order valence-corrected chi connectivity index (χ1v) is 5.96. The largest absolute Gasteiger partial charge is 0.465 e. The lowest BCUT2D eigenvalue weighted by Crippen LogP contribution is -2.07. The summed E-state index contributed by atoms with van der Waals surface area (Å²) in [6.45, 7) is 2.22. The number of ether oxygens (including phenoxy) is 1. The van der Waals surface area contributed by atoms with E-state index >= 15 is 0 Å². The van der Waals surface area contributed by atoms with Crippen molar-refractivity contribution in [3.8, 4) is 0 Å². The molecule has 1 heterocycles. The standard InChI is InChI=1S/C11H12N2O2S/c1-2-15-11(14)7-16-13-8-12-9-5-3-4-6-10(9)13/h3-6,8H,2,7H2,1H3. The van der Waals surface area contributed by atoms with Gasteiger partial charge in [0.25, 0.3) is 0 Å². The van der Waals surface area contributed by atoms with E-state index in [0.717, 1.165) is 11.0 Å². The highest BCUT2D eigenvalue weighted by Crippen LogP contribution is 2.17. The van der Waals surface area contributed by atoms with Gasteiger partial charge in [-0.05, 0) is 31.0 Å². The highest BCUT2D eigenvalue weighted by Gasteiger charge is 2.06. The van der Waals surface area contributed by atoms with Crippen LogP contribution in [0.2, 0.25) is 0 Å². The first kappa shape index (κ1) is 11.0. The van der Waals surface area contributed by atoms with Crippen molar-refractivity contribution in [2.45, 2.75) is 6.92 Å². The summed E-state index contributed by atoms with van der Waals surface area (Å²) in [6.07, 6.45) is 1.72. The van der Waals surface area contributed by atoms with Crippen LogP contribution in [0.3, 0.4) is 0 Å². The summed E-state index contributed by atoms with van der Waals surface area (Å²) in [4.78, 5) is 15.4. The zero-order valence-electron chi connectivity index (χ0n) is 8.92. The smallest absolute Gasteiger partial charge is 0.317 e. The van der Waals surface area contributed by atoms with Crippen LogP contribution in [-0.4, -0.2) is 27.3 Å². The Hall–Kier alpha value is -1.49. The van der Waals surface area contributed by atoms with Crippen molar-refractivity contribution in [3.63, 3.8) is 0 Å². The van der Waals surface area contributed by atoms with Crippen LogP contribution in [0.15, 0.2) is 30.6 Å². The zero-order valence-corrected chi connectivity index (χ0v) is 9.74. The molecule has 2 rings (SSSR count). The molecule has 0 atom stereocenters. The molecule has 0 fully saturated rings. The number of rotatable bonds is 4. The molecule has 0 bridgehead atoms. The van der Waals surface area contributed by atoms with Crippen molar-refractivity contribution in [1.29, 1.82) is 0 Å². The molecule has 0 spiro atoms. The number of hydrogen-bond acceptors (Lipinski definition) is 4. The number of benzene rings is 1. The molecular weight excluding hydrogens is 224 g/mol. The van der Waals surface area contributed by atoms with Crippen molar-refractivity contribution >= 4 is 29.0 Å². The summed E-state index contributed by atoms with van der Waals surface area (Å²) in [5, 5.41) is 0. The number of carbonyl (C=O) groups is 1. The van der Waals surface area contributed by atoms with Gasteiger partial charge in [-0.2, -0.15) is 0 Å². The van der Waals surface area contributed by atoms with Crippen molar-refractivity contribution < 1.29 is 9.53 Å². The molecule has 1 aromatic carbocycles. The lowest BCUT2D eigenvalue weighted by Gasteiger charge is -2.02. The second-order valence-corrected chi connectivity index (χ2v) is 4.08. The Labute approximate surface area is 97.7 Å². The van der Waals surface area contributed by atoms with Crippen molar-refractivity contribution in [3.05, 3.63) is 30.6 Å². The lowest BCUT2D eigenvalue weighted by molar-refractivity contribution is -0.139. The zero-order chi connectivity index (χ0) is 11.4. The number of fused-ring (bicyclic) bond motifs is 1. The van der Waals surface area contributed by atoms with E-state index in [1.165, 1.54) is 11.9 Å². The van der Waals surface area contributed by atoms with Gasteiger partial charge in [-0.15, -0.1) is 0 Å². The maximum Gasteiger partial charge on any atom is 0.317 e. The number of esters is 1. The summed E-state index contributed by atoms with van der Waals surface area (Å²) in [5.74, 6) is 0.0964. The average Bonchev–Trinajstić information content (AvgIpc) is 2.70. The summed E-state index contributed by atoms with van der Waals surface area (Å²) >= 11 is 1.38. The molecule has 5 heteroatoms. The van der Waals surface area contributed by atoms with Crippen molar-refractivity contribution in [2.75, 3.05) is 12.4 Å². The van der Waals surface area contributed by atoms with E-state index in [2.05, 4.69) is 4.98 Å². The predicted octanol–water partition coefficient (Wildman–Crippen LogP) is 2.10. The van der Waals surface area contributed by atoms with E-state index < -0.39 is 0 Å². The van der Waals surface area contributed by atoms with Gasteiger partial charge in [-0.1, -0.05) is 12.1 Å². The Morgan fingerprint density at radius 1 is 1.50 bits per heavy atom. The number of para-hydroxylation sites is 2. The van der Waals surface area contributed by atoms with Crippen LogP contribution in [0.1, 0.15) is 6.92 Å². The minimum Gasteiger partial charge on any atom is -0.465 e. The summed E-state index contributed by atoms with van der Waals surface area (Å²) in [5.41, 5.74) is 1.94. The summed E-state index contributed by atoms with van der Waals surface area (Å²) < 4.78 is 6.74. The quantitative estimate of drug-likeness (QED) is 0.762. The van der Waals surface area contributed by atoms with Crippen molar-refractivity contribution in [1.82, 2.24) is 8.96 Å². The maximum atomic E-state index is 11.2. The average molecular weight is 236 g/mol. The lowest BCUT2D eigenvalue weighted by atomic mass is 10.3. The van der Waals surface area contributed by atoms with Gasteiger partial charge in [0.05, 0.1) is 17.6 Å². The van der Waals surface area contributed by atoms with Gasteiger partial charge in [-0.3, -0.25) is 8.77 Å². The predicted molar refractivity (Wildman–Crippen MR) is 64.2 cm³/mol. The molecular formula is C11H12N2O2S. The van der Waals surface area contributed by atoms with Crippen LogP contribution in [0, 0.1) is 0 Å². The first-order chi connectivity index (χ1) is 7.81. The highest BCUT2D eigenvalue weighted by molar-refractivity contribution is 7.98. The van der Waals surface area contributed by atoms with Crippen LogP contribution < -0.4 is 0 Å². The molecule has 0 radical (unpaired) electrons. The fraction of sp³-hybridized carbons (Fsp3) is 0.273. The van der Waals surface area contributed by atoms with Crippen LogP contribution >= 0.6 is 11.9 Å². The van der Waals surface area contributed by atoms with E-state index in [0.29, 0.717) is 12.4 Å². The molecule has 0 aliphatic rings. The minimum absolute atomic E-state index is 0.203. The summed E-state index contributed by atoms with van der Waals surface area (Å²) in [6, 6.07) is 7.80. The number of carbonyl (C=O) groups excluding carboxylic acids is 1. The molecule has 4 nitrogen and oxygen atoms in total. The molecule has 0 amide bonds. The second-order valence-electron chi connectivity index (χ2n) is 3.14. The molecule has 0 unspecified atom stereocenters. The maximum absolute atomic E-state index is 11.2. The van der Waals surface area contributed by atoms with Crippen LogP contribution in [0.4, 0.5) is 0 Å². The van der Waals surface area contributed by atoms with Crippen molar-refractivity contribution in [2.24, 2.45) is 0 Å². The van der Waals surface area contributed by atoms with Gasteiger partial charge >= 0.3 is 5.97 Å². The van der Waals surface area contributed by atoms with E-state index in [1.807, 2.05) is 28.2 Å². The first-order valence-electron chi connectivity index (χ1n) is 5.02. The Morgan fingerprint density at radius 3 is 3.12 bits per heavy atom. The van der Waals surface area contributed by atoms with Gasteiger partial charge in [-0.25, -0.2) is 4.98 Å². The Bertz CT molecular complexity index is 495. The Balaban J connectivity index is 2.07. The third-order valence-corrected chi connectivity index (χ3v) is 2.98. The molecule has 0 saturated carbocycles. The minimum atomic E-state index is -0.203. The molecule has 0 saturated heterocycles. The Morgan fingerprint density at radius 2 is 2.31 bits per heavy atom. The second kappa shape index (κ2) is 5.03. The van der Waals surface area contributed by atoms with Gasteiger partial charge in [0.2, 0.25) is 0 Å². The molecule has 1 aromatic heterocycles. The number of nitrogens with zero attached hydrogens (tertiary/aromatic N) is 2. The van der Waals surface area contributed by atoms with E-state index in [4.69, 9.17) is 4.74 Å². The SMILES string of the molecule is CCOC(=O)CSn1cnc2ccccc21. The molecule has 2 aromatic rings. The summed E-state index contributed by atoms with van der Waals surface area (Å²) in [7, 11) is 0. The molecule has 0 aliphatic heterocycles. The van der Waals surface area contributed by atoms with Gasteiger partial charge in [0, 0.05) is 0 Å². The van der Waals surface area contributed by atoms with E-state index in [-0.39, 0.29) is 5.97 Å². The number of imidazole rings is 1. The number of aromatic nitrogens is 2. The van der Waals surface area contributed by atoms with Gasteiger partial charge in [0.1, 0.15) is 12.1 Å². The van der Waals surface area contributed by atoms with Crippen LogP contribution in [0.5, 0.6) is 0 Å². The van der Waals surface area contributed by atoms with Gasteiger partial charge in [0.15, 0.2) is 0 Å². The normalized spacial score (nSPS) is 10.6. The molecule has 16 heavy (non-hydrogen) atoms. The monoisotopic (exact) mass is 236 g/mol. The molecule has 0 aliphatic carbocycles. The fourth-order valence-corrected chi connectivity index (χ4v) is 2.10. The molecule has 0 N–H and O–H groups in total. The number of hydrogen-bond donors (Lipinski definition) is 0.